The van der Waals surface area contributed by atoms with Crippen LogP contribution >= 0.6 is 0 Å². The van der Waals surface area contributed by atoms with Gasteiger partial charge in [-0.05, 0) is 61.7 Å². The predicted octanol–water partition coefficient (Wildman–Crippen LogP) is 3.18. The SMILES string of the molecule is CN(C)S(=O)(=O)c1cccc(C(=O)Nc2ccc(N3CCCCC3)cc2)c1. The zero-order valence-corrected chi connectivity index (χ0v) is 16.5. The molecule has 1 amide bonds. The molecule has 0 aliphatic carbocycles. The number of amides is 1. The lowest BCUT2D eigenvalue weighted by Gasteiger charge is -2.28. The highest BCUT2D eigenvalue weighted by Crippen LogP contribution is 2.22. The van der Waals surface area contributed by atoms with Gasteiger partial charge in [-0.15, -0.1) is 0 Å². The van der Waals surface area contributed by atoms with Gasteiger partial charge in [-0.1, -0.05) is 6.07 Å². The monoisotopic (exact) mass is 387 g/mol. The molecule has 0 spiro atoms. The Kier molecular flexibility index (Phi) is 5.82. The van der Waals surface area contributed by atoms with Crippen LogP contribution < -0.4 is 10.2 Å². The Labute approximate surface area is 160 Å². The average Bonchev–Trinajstić information content (AvgIpc) is 2.69. The third-order valence-corrected chi connectivity index (χ3v) is 6.53. The zero-order valence-electron chi connectivity index (χ0n) is 15.7. The van der Waals surface area contributed by atoms with E-state index in [0.717, 1.165) is 23.1 Å². The van der Waals surface area contributed by atoms with E-state index in [1.165, 1.54) is 45.5 Å². The van der Waals surface area contributed by atoms with Crippen molar-refractivity contribution in [2.45, 2.75) is 24.2 Å². The lowest BCUT2D eigenvalue weighted by Crippen LogP contribution is -2.29. The lowest BCUT2D eigenvalue weighted by atomic mass is 10.1. The van der Waals surface area contributed by atoms with Crippen molar-refractivity contribution < 1.29 is 13.2 Å². The van der Waals surface area contributed by atoms with Gasteiger partial charge >= 0.3 is 0 Å². The normalized spacial score (nSPS) is 15.0. The minimum Gasteiger partial charge on any atom is -0.372 e. The maximum Gasteiger partial charge on any atom is 0.255 e. The van der Waals surface area contributed by atoms with E-state index in [1.54, 1.807) is 12.1 Å². The molecule has 1 fully saturated rings. The molecule has 7 heteroatoms. The van der Waals surface area contributed by atoms with Crippen molar-refractivity contribution in [2.75, 3.05) is 37.4 Å². The van der Waals surface area contributed by atoms with Crippen molar-refractivity contribution in [3.63, 3.8) is 0 Å². The summed E-state index contributed by atoms with van der Waals surface area (Å²) >= 11 is 0. The Morgan fingerprint density at radius 3 is 2.30 bits per heavy atom. The maximum absolute atomic E-state index is 12.5. The predicted molar refractivity (Wildman–Crippen MR) is 108 cm³/mol. The Bertz CT molecular complexity index is 902. The van der Waals surface area contributed by atoms with E-state index in [-0.39, 0.29) is 10.8 Å². The van der Waals surface area contributed by atoms with Gasteiger partial charge < -0.3 is 10.2 Å². The summed E-state index contributed by atoms with van der Waals surface area (Å²) in [6.07, 6.45) is 3.71. The Morgan fingerprint density at radius 2 is 1.67 bits per heavy atom. The van der Waals surface area contributed by atoms with E-state index in [2.05, 4.69) is 10.2 Å². The van der Waals surface area contributed by atoms with E-state index < -0.39 is 10.0 Å². The summed E-state index contributed by atoms with van der Waals surface area (Å²) in [5, 5.41) is 2.83. The standard InChI is InChI=1S/C20H25N3O3S/c1-22(2)27(25,26)19-8-6-7-16(15-19)20(24)21-17-9-11-18(12-10-17)23-13-4-3-5-14-23/h6-12,15H,3-5,13-14H2,1-2H3,(H,21,24). The van der Waals surface area contributed by atoms with Crippen molar-refractivity contribution in [3.05, 3.63) is 54.1 Å². The van der Waals surface area contributed by atoms with Gasteiger partial charge in [0.25, 0.3) is 5.91 Å². The second kappa shape index (κ2) is 8.10. The second-order valence-corrected chi connectivity index (χ2v) is 9.02. The summed E-state index contributed by atoms with van der Waals surface area (Å²) in [4.78, 5) is 15.0. The molecule has 27 heavy (non-hydrogen) atoms. The number of hydrogen-bond acceptors (Lipinski definition) is 4. The zero-order chi connectivity index (χ0) is 19.4. The summed E-state index contributed by atoms with van der Waals surface area (Å²) in [7, 11) is -0.648. The molecule has 144 valence electrons. The number of rotatable bonds is 5. The second-order valence-electron chi connectivity index (χ2n) is 6.86. The Morgan fingerprint density at radius 1 is 1.00 bits per heavy atom. The third-order valence-electron chi connectivity index (χ3n) is 4.72. The molecular formula is C20H25N3O3S. The number of sulfonamides is 1. The summed E-state index contributed by atoms with van der Waals surface area (Å²) in [6, 6.07) is 13.8. The fraction of sp³-hybridized carbons (Fsp3) is 0.350. The van der Waals surface area contributed by atoms with E-state index in [4.69, 9.17) is 0 Å². The molecule has 1 aliphatic heterocycles. The van der Waals surface area contributed by atoms with Crippen molar-refractivity contribution in [3.8, 4) is 0 Å². The summed E-state index contributed by atoms with van der Waals surface area (Å²) in [6.45, 7) is 2.14. The molecule has 3 rings (SSSR count). The Hall–Kier alpha value is -2.38. The summed E-state index contributed by atoms with van der Waals surface area (Å²) in [5.74, 6) is -0.337. The van der Waals surface area contributed by atoms with Crippen LogP contribution in [0, 0.1) is 0 Å². The van der Waals surface area contributed by atoms with Crippen LogP contribution in [0.15, 0.2) is 53.4 Å². The van der Waals surface area contributed by atoms with E-state index >= 15 is 0 Å². The fourth-order valence-corrected chi connectivity index (χ4v) is 4.07. The third kappa shape index (κ3) is 4.48. The quantitative estimate of drug-likeness (QED) is 0.855. The van der Waals surface area contributed by atoms with Crippen LogP contribution in [0.2, 0.25) is 0 Å². The highest BCUT2D eigenvalue weighted by molar-refractivity contribution is 7.89. The van der Waals surface area contributed by atoms with Gasteiger partial charge in [0.1, 0.15) is 0 Å². The molecule has 0 unspecified atom stereocenters. The lowest BCUT2D eigenvalue weighted by molar-refractivity contribution is 0.102. The largest absolute Gasteiger partial charge is 0.372 e. The molecule has 1 N–H and O–H groups in total. The van der Waals surface area contributed by atoms with Gasteiger partial charge in [0.15, 0.2) is 0 Å². The molecule has 0 bridgehead atoms. The molecule has 1 heterocycles. The van der Waals surface area contributed by atoms with E-state index in [0.29, 0.717) is 11.3 Å². The number of nitrogens with one attached hydrogen (secondary N) is 1. The molecule has 0 aromatic heterocycles. The van der Waals surface area contributed by atoms with Gasteiger partial charge in [0.05, 0.1) is 4.90 Å². The molecule has 2 aromatic carbocycles. The number of anilines is 2. The maximum atomic E-state index is 12.5. The topological polar surface area (TPSA) is 69.7 Å². The van der Waals surface area contributed by atoms with Crippen LogP contribution in [0.5, 0.6) is 0 Å². The minimum atomic E-state index is -3.58. The first kappa shape index (κ1) is 19.4. The van der Waals surface area contributed by atoms with Gasteiger partial charge in [-0.25, -0.2) is 12.7 Å². The van der Waals surface area contributed by atoms with Crippen LogP contribution in [0.4, 0.5) is 11.4 Å². The van der Waals surface area contributed by atoms with Crippen LogP contribution in [-0.4, -0.2) is 45.8 Å². The first-order chi connectivity index (χ1) is 12.9. The van der Waals surface area contributed by atoms with Crippen molar-refractivity contribution in [1.29, 1.82) is 0 Å². The summed E-state index contributed by atoms with van der Waals surface area (Å²) in [5.41, 5.74) is 2.14. The number of hydrogen-bond donors (Lipinski definition) is 1. The first-order valence-corrected chi connectivity index (χ1v) is 10.5. The molecular weight excluding hydrogens is 362 g/mol. The van der Waals surface area contributed by atoms with E-state index in [1.807, 2.05) is 24.3 Å². The molecule has 0 saturated carbocycles. The van der Waals surface area contributed by atoms with Gasteiger partial charge in [-0.3, -0.25) is 4.79 Å². The van der Waals surface area contributed by atoms with Crippen LogP contribution in [0.1, 0.15) is 29.6 Å². The number of piperidine rings is 1. The molecule has 6 nitrogen and oxygen atoms in total. The highest BCUT2D eigenvalue weighted by Gasteiger charge is 2.19. The van der Waals surface area contributed by atoms with Gasteiger partial charge in [0, 0.05) is 44.1 Å². The van der Waals surface area contributed by atoms with Gasteiger partial charge in [-0.2, -0.15) is 0 Å². The molecule has 1 saturated heterocycles. The average molecular weight is 388 g/mol. The highest BCUT2D eigenvalue weighted by atomic mass is 32.2. The molecule has 2 aromatic rings. The Balaban J connectivity index is 1.72. The van der Waals surface area contributed by atoms with Crippen LogP contribution in [0.3, 0.4) is 0 Å². The molecule has 0 atom stereocenters. The molecule has 1 aliphatic rings. The number of benzene rings is 2. The van der Waals surface area contributed by atoms with Crippen molar-refractivity contribution >= 4 is 27.3 Å². The fourth-order valence-electron chi connectivity index (χ4n) is 3.12. The minimum absolute atomic E-state index is 0.0978. The number of nitrogens with zero attached hydrogens (tertiary/aromatic N) is 2. The van der Waals surface area contributed by atoms with Crippen LogP contribution in [-0.2, 0) is 10.0 Å². The van der Waals surface area contributed by atoms with Gasteiger partial charge in [0.2, 0.25) is 10.0 Å². The van der Waals surface area contributed by atoms with Crippen molar-refractivity contribution in [2.24, 2.45) is 0 Å². The first-order valence-electron chi connectivity index (χ1n) is 9.07. The smallest absolute Gasteiger partial charge is 0.255 e. The molecule has 0 radical (unpaired) electrons. The van der Waals surface area contributed by atoms with E-state index in [9.17, 15) is 13.2 Å². The number of carbonyl (C=O) groups excluding carboxylic acids is 1. The number of carbonyl (C=O) groups is 1. The van der Waals surface area contributed by atoms with Crippen LogP contribution in [0.25, 0.3) is 0 Å². The van der Waals surface area contributed by atoms with Crippen molar-refractivity contribution in [1.82, 2.24) is 4.31 Å². The summed E-state index contributed by atoms with van der Waals surface area (Å²) < 4.78 is 25.6.